The lowest BCUT2D eigenvalue weighted by molar-refractivity contribution is -0.283. The summed E-state index contributed by atoms with van der Waals surface area (Å²) in [6.45, 7) is 8.69. The molecular weight excluding hydrogens is 123 g/mol. The molecule has 0 spiro atoms. The van der Waals surface area contributed by atoms with Gasteiger partial charge in [0.2, 0.25) is 0 Å². The van der Waals surface area contributed by atoms with E-state index in [1.54, 1.807) is 0 Å². The average molecular weight is 136 g/mol. The Hall–Kier alpha value is -0.100. The largest absolute Gasteiger partial charge is 0.554 e. The molecule has 0 aliphatic heterocycles. The molecule has 0 aliphatic rings. The molecule has 3 heteroatoms. The smallest absolute Gasteiger partial charge is 0.0481 e. The van der Waals surface area contributed by atoms with Gasteiger partial charge in [-0.05, 0) is 0 Å². The molecule has 8 heavy (non-hydrogen) atoms. The highest BCUT2D eigenvalue weighted by Crippen LogP contribution is 2.40. The van der Waals surface area contributed by atoms with E-state index in [-0.39, 0.29) is 7.26 Å². The van der Waals surface area contributed by atoms with Crippen molar-refractivity contribution >= 4 is 13.7 Å². The first-order chi connectivity index (χ1) is 3.41. The van der Waals surface area contributed by atoms with Crippen LogP contribution in [0.15, 0.2) is 0 Å². The molecule has 0 unspecified atom stereocenters. The van der Waals surface area contributed by atoms with Crippen molar-refractivity contribution in [1.29, 1.82) is 0 Å². The van der Waals surface area contributed by atoms with Gasteiger partial charge >= 0.3 is 0 Å². The zero-order valence-electron chi connectivity index (χ0n) is 5.84. The first-order valence-corrected chi connectivity index (χ1v) is 5.84. The van der Waals surface area contributed by atoms with Crippen molar-refractivity contribution < 1.29 is 9.90 Å². The summed E-state index contributed by atoms with van der Waals surface area (Å²) < 4.78 is 0. The summed E-state index contributed by atoms with van der Waals surface area (Å²) in [5.41, 5.74) is 0. The molecule has 0 aromatic carbocycles. The fourth-order valence-electron chi connectivity index (χ4n) is 0. The third-order valence-corrected chi connectivity index (χ3v) is 0. The van der Waals surface area contributed by atoms with Crippen molar-refractivity contribution in [3.05, 3.63) is 0 Å². The van der Waals surface area contributed by atoms with E-state index in [0.29, 0.717) is 0 Å². The highest BCUT2D eigenvalue weighted by molar-refractivity contribution is 7.72. The van der Waals surface area contributed by atoms with Crippen molar-refractivity contribution in [2.24, 2.45) is 0 Å². The lowest BCUT2D eigenvalue weighted by atomic mass is 11.7. The van der Waals surface area contributed by atoms with Crippen LogP contribution in [0, 0.1) is 0 Å². The lowest BCUT2D eigenvalue weighted by Crippen LogP contribution is -2.01. The number of carboxylic acid groups (broad SMARTS) is 1. The quantitative estimate of drug-likeness (QED) is 0.344. The van der Waals surface area contributed by atoms with Crippen LogP contribution in [0.25, 0.3) is 0 Å². The standard InChI is InChI=1S/C4H12P.CH2O2/c1-5(2,3)4;2-1-3/h1-4H3;1H,(H,2,3)/q+1;/p-1. The molecule has 0 fully saturated rings. The molecule has 0 atom stereocenters. The zero-order valence-corrected chi connectivity index (χ0v) is 6.74. The maximum Gasteiger partial charge on any atom is 0.0481 e. The summed E-state index contributed by atoms with van der Waals surface area (Å²) in [6.07, 6.45) is 0. The van der Waals surface area contributed by atoms with Gasteiger partial charge in [-0.15, -0.1) is 0 Å². The van der Waals surface area contributed by atoms with Crippen LogP contribution >= 0.6 is 7.26 Å². The minimum atomic E-state index is -0.500. The molecule has 0 aromatic heterocycles. The van der Waals surface area contributed by atoms with Gasteiger partial charge in [0.05, 0.1) is 0 Å². The Morgan fingerprint density at radius 1 is 1.25 bits per heavy atom. The molecule has 0 bridgehead atoms. The van der Waals surface area contributed by atoms with Crippen molar-refractivity contribution in [2.45, 2.75) is 0 Å². The molecule has 0 saturated heterocycles. The van der Waals surface area contributed by atoms with Crippen LogP contribution in [-0.2, 0) is 4.79 Å². The fourth-order valence-corrected chi connectivity index (χ4v) is 0. The van der Waals surface area contributed by atoms with Crippen LogP contribution in [0.5, 0.6) is 0 Å². The summed E-state index contributed by atoms with van der Waals surface area (Å²) in [5.74, 6) is 0. The van der Waals surface area contributed by atoms with Crippen molar-refractivity contribution in [3.63, 3.8) is 0 Å². The summed E-state index contributed by atoms with van der Waals surface area (Å²) in [7, 11) is -0.389. The van der Waals surface area contributed by atoms with Gasteiger partial charge in [-0.25, -0.2) is 0 Å². The normalized spacial score (nSPS) is 9.00. The Morgan fingerprint density at radius 3 is 1.25 bits per heavy atom. The predicted octanol–water partition coefficient (Wildman–Crippen LogP) is -0.111. The van der Waals surface area contributed by atoms with E-state index in [9.17, 15) is 0 Å². The predicted molar refractivity (Wildman–Crippen MR) is 36.7 cm³/mol. The zero-order chi connectivity index (χ0) is 7.21. The van der Waals surface area contributed by atoms with Gasteiger partial charge in [0.15, 0.2) is 0 Å². The molecule has 2 nitrogen and oxygen atoms in total. The molecule has 0 saturated carbocycles. The lowest BCUT2D eigenvalue weighted by Gasteiger charge is -1.97. The van der Waals surface area contributed by atoms with Crippen LogP contribution in [0.1, 0.15) is 0 Å². The Kier molecular flexibility index (Phi) is 6.81. The number of rotatable bonds is 0. The number of carbonyl (C=O) groups excluding carboxylic acids is 1. The van der Waals surface area contributed by atoms with Gasteiger partial charge < -0.3 is 9.90 Å². The third kappa shape index (κ3) is 14200. The van der Waals surface area contributed by atoms with E-state index in [1.807, 2.05) is 0 Å². The summed E-state index contributed by atoms with van der Waals surface area (Å²) >= 11 is 0. The second-order valence-electron chi connectivity index (χ2n) is 2.78. The Labute approximate surface area is 51.2 Å². The van der Waals surface area contributed by atoms with E-state index < -0.39 is 6.47 Å². The van der Waals surface area contributed by atoms with Crippen LogP contribution < -0.4 is 5.11 Å². The van der Waals surface area contributed by atoms with Crippen LogP contribution in [0.3, 0.4) is 0 Å². The molecule has 0 rings (SSSR count). The van der Waals surface area contributed by atoms with Gasteiger partial charge in [-0.1, -0.05) is 0 Å². The summed E-state index contributed by atoms with van der Waals surface area (Å²) in [6, 6.07) is 0. The number of hydrogen-bond donors (Lipinski definition) is 0. The maximum atomic E-state index is 8.25. The Morgan fingerprint density at radius 2 is 1.25 bits per heavy atom. The van der Waals surface area contributed by atoms with Gasteiger partial charge in [0, 0.05) is 40.4 Å². The molecule has 50 valence electrons. The molecule has 0 aromatic rings. The monoisotopic (exact) mass is 136 g/mol. The molecule has 0 heterocycles. The summed E-state index contributed by atoms with van der Waals surface area (Å²) in [5, 5.41) is 8.25. The van der Waals surface area contributed by atoms with Crippen molar-refractivity contribution in [3.8, 4) is 0 Å². The van der Waals surface area contributed by atoms with Crippen LogP contribution in [0.2, 0.25) is 0 Å². The maximum absolute atomic E-state index is 8.25. The second-order valence-corrected chi connectivity index (χ2v) is 8.15. The van der Waals surface area contributed by atoms with E-state index >= 15 is 0 Å². The van der Waals surface area contributed by atoms with E-state index in [2.05, 4.69) is 26.7 Å². The van der Waals surface area contributed by atoms with Gasteiger partial charge in [0.25, 0.3) is 0 Å². The second kappa shape index (κ2) is 5.04. The molecule has 0 N–H and O–H groups in total. The van der Waals surface area contributed by atoms with E-state index in [4.69, 9.17) is 9.90 Å². The molecule has 0 radical (unpaired) electrons. The molecular formula is C5H13O2P. The molecule has 0 amide bonds. The number of hydrogen-bond acceptors (Lipinski definition) is 2. The highest BCUT2D eigenvalue weighted by atomic mass is 31.2. The Bertz CT molecular complexity index is 49.9. The summed E-state index contributed by atoms with van der Waals surface area (Å²) in [4.78, 5) is 8.25. The fraction of sp³-hybridized carbons (Fsp3) is 0.800. The molecule has 0 aliphatic carbocycles. The van der Waals surface area contributed by atoms with Crippen molar-refractivity contribution in [2.75, 3.05) is 26.7 Å². The van der Waals surface area contributed by atoms with E-state index in [0.717, 1.165) is 0 Å². The first kappa shape index (κ1) is 10.8. The van der Waals surface area contributed by atoms with Gasteiger partial charge in [0.1, 0.15) is 0 Å². The van der Waals surface area contributed by atoms with Gasteiger partial charge in [-0.2, -0.15) is 0 Å². The van der Waals surface area contributed by atoms with Gasteiger partial charge in [-0.3, -0.25) is 0 Å². The first-order valence-electron chi connectivity index (χ1n) is 2.26. The minimum Gasteiger partial charge on any atom is -0.554 e. The van der Waals surface area contributed by atoms with E-state index in [1.165, 1.54) is 0 Å². The highest BCUT2D eigenvalue weighted by Gasteiger charge is 2.03. The SMILES string of the molecule is C[P+](C)(C)C.O=C[O-]. The number of carbonyl (C=O) groups is 1. The Balaban J connectivity index is 0. The topological polar surface area (TPSA) is 40.1 Å². The van der Waals surface area contributed by atoms with Crippen LogP contribution in [0.4, 0.5) is 0 Å². The van der Waals surface area contributed by atoms with Crippen LogP contribution in [-0.4, -0.2) is 33.1 Å². The average Bonchev–Trinajstić information content (AvgIpc) is 1.27. The third-order valence-electron chi connectivity index (χ3n) is 0. The minimum absolute atomic E-state index is 0.389. The van der Waals surface area contributed by atoms with Crippen molar-refractivity contribution in [1.82, 2.24) is 0 Å².